The molecule has 0 radical (unpaired) electrons. The largest absolute Gasteiger partial charge is 0.324 e. The smallest absolute Gasteiger partial charge is 0.231 e. The van der Waals surface area contributed by atoms with Gasteiger partial charge in [-0.3, -0.25) is 9.69 Å². The number of rotatable bonds is 3. The standard InChI is InChI=1S/C15H20N4OS/c1-10(2)19-8-7-15(3,9-19)14(20)16-11-5-4-6-12-13(11)18-21-17-12/h4-6,10H,7-9H2,1-3H3,(H,16,20). The summed E-state index contributed by atoms with van der Waals surface area (Å²) in [6.07, 6.45) is 0.891. The van der Waals surface area contributed by atoms with Crippen LogP contribution in [0.5, 0.6) is 0 Å². The van der Waals surface area contributed by atoms with E-state index in [0.717, 1.165) is 36.2 Å². The van der Waals surface area contributed by atoms with Gasteiger partial charge >= 0.3 is 0 Å². The number of hydrogen-bond acceptors (Lipinski definition) is 5. The van der Waals surface area contributed by atoms with Crippen molar-refractivity contribution < 1.29 is 4.79 Å². The maximum atomic E-state index is 12.7. The van der Waals surface area contributed by atoms with Crippen LogP contribution < -0.4 is 5.32 Å². The first-order chi connectivity index (χ1) is 9.99. The van der Waals surface area contributed by atoms with E-state index in [2.05, 4.69) is 32.8 Å². The molecular weight excluding hydrogens is 284 g/mol. The SMILES string of the molecule is CC(C)N1CCC(C)(C(=O)Nc2cccc3nsnc23)C1. The van der Waals surface area contributed by atoms with E-state index in [4.69, 9.17) is 0 Å². The predicted octanol–water partition coefficient (Wildman–Crippen LogP) is 2.75. The summed E-state index contributed by atoms with van der Waals surface area (Å²) in [4.78, 5) is 15.0. The molecule has 1 aromatic carbocycles. The van der Waals surface area contributed by atoms with Crippen LogP contribution in [0.3, 0.4) is 0 Å². The molecule has 6 heteroatoms. The van der Waals surface area contributed by atoms with Crippen LogP contribution in [-0.2, 0) is 4.79 Å². The Kier molecular flexibility index (Phi) is 3.67. The number of nitrogens with zero attached hydrogens (tertiary/aromatic N) is 3. The van der Waals surface area contributed by atoms with Crippen molar-refractivity contribution in [3.05, 3.63) is 18.2 Å². The predicted molar refractivity (Wildman–Crippen MR) is 85.5 cm³/mol. The summed E-state index contributed by atoms with van der Waals surface area (Å²) in [5.74, 6) is 0.0751. The third-order valence-corrected chi connectivity index (χ3v) is 4.86. The van der Waals surface area contributed by atoms with E-state index >= 15 is 0 Å². The summed E-state index contributed by atoms with van der Waals surface area (Å²) in [7, 11) is 0. The van der Waals surface area contributed by atoms with Crippen LogP contribution in [0.25, 0.3) is 11.0 Å². The molecule has 2 aromatic rings. The molecule has 2 heterocycles. The Morgan fingerprint density at radius 1 is 1.43 bits per heavy atom. The van der Waals surface area contributed by atoms with Crippen LogP contribution in [0, 0.1) is 5.41 Å². The van der Waals surface area contributed by atoms with E-state index in [-0.39, 0.29) is 11.3 Å². The molecule has 112 valence electrons. The number of aromatic nitrogens is 2. The monoisotopic (exact) mass is 304 g/mol. The fourth-order valence-corrected chi connectivity index (χ4v) is 3.35. The van der Waals surface area contributed by atoms with Crippen molar-refractivity contribution in [2.75, 3.05) is 18.4 Å². The number of nitrogens with one attached hydrogen (secondary N) is 1. The normalized spacial score (nSPS) is 23.0. The lowest BCUT2D eigenvalue weighted by Crippen LogP contribution is -2.38. The number of likely N-dealkylation sites (tertiary alicyclic amines) is 1. The zero-order chi connectivity index (χ0) is 15.0. The second-order valence-electron chi connectivity index (χ2n) is 6.27. The molecule has 1 aromatic heterocycles. The maximum absolute atomic E-state index is 12.7. The molecule has 21 heavy (non-hydrogen) atoms. The quantitative estimate of drug-likeness (QED) is 0.947. The van der Waals surface area contributed by atoms with Gasteiger partial charge in [-0.2, -0.15) is 8.75 Å². The van der Waals surface area contributed by atoms with Gasteiger partial charge in [0.2, 0.25) is 5.91 Å². The summed E-state index contributed by atoms with van der Waals surface area (Å²) in [6.45, 7) is 8.17. The molecule has 1 amide bonds. The molecule has 5 nitrogen and oxygen atoms in total. The molecule has 0 aliphatic carbocycles. The lowest BCUT2D eigenvalue weighted by atomic mass is 9.88. The Balaban J connectivity index is 1.79. The minimum atomic E-state index is -0.337. The maximum Gasteiger partial charge on any atom is 0.231 e. The van der Waals surface area contributed by atoms with Gasteiger partial charge in [-0.25, -0.2) is 0 Å². The van der Waals surface area contributed by atoms with Gasteiger partial charge in [0.15, 0.2) is 0 Å². The van der Waals surface area contributed by atoms with Gasteiger partial charge in [0.05, 0.1) is 22.8 Å². The first kappa shape index (κ1) is 14.4. The van der Waals surface area contributed by atoms with Crippen LogP contribution in [0.4, 0.5) is 5.69 Å². The number of carbonyl (C=O) groups excluding carboxylic acids is 1. The molecule has 0 saturated carbocycles. The zero-order valence-electron chi connectivity index (χ0n) is 12.6. The average Bonchev–Trinajstić information content (AvgIpc) is 3.06. The van der Waals surface area contributed by atoms with Crippen LogP contribution in [-0.4, -0.2) is 38.7 Å². The van der Waals surface area contributed by atoms with E-state index in [1.54, 1.807) is 0 Å². The molecule has 1 atom stereocenters. The molecule has 1 unspecified atom stereocenters. The molecular formula is C15H20N4OS. The molecule has 0 bridgehead atoms. The van der Waals surface area contributed by atoms with Crippen LogP contribution in [0.15, 0.2) is 18.2 Å². The lowest BCUT2D eigenvalue weighted by Gasteiger charge is -2.25. The van der Waals surface area contributed by atoms with Gasteiger partial charge in [-0.05, 0) is 45.9 Å². The van der Waals surface area contributed by atoms with E-state index in [0.29, 0.717) is 6.04 Å². The zero-order valence-corrected chi connectivity index (χ0v) is 13.4. The van der Waals surface area contributed by atoms with E-state index in [1.807, 2.05) is 25.1 Å². The van der Waals surface area contributed by atoms with Gasteiger partial charge in [-0.1, -0.05) is 6.07 Å². The lowest BCUT2D eigenvalue weighted by molar-refractivity contribution is -0.124. The fourth-order valence-electron chi connectivity index (χ4n) is 2.80. The fraction of sp³-hybridized carbons (Fsp3) is 0.533. The second kappa shape index (κ2) is 5.35. The highest BCUT2D eigenvalue weighted by molar-refractivity contribution is 7.00. The van der Waals surface area contributed by atoms with Gasteiger partial charge in [0.1, 0.15) is 11.0 Å². The van der Waals surface area contributed by atoms with Crippen LogP contribution >= 0.6 is 11.7 Å². The summed E-state index contributed by atoms with van der Waals surface area (Å²) >= 11 is 1.17. The highest BCUT2D eigenvalue weighted by Gasteiger charge is 2.41. The molecule has 1 aliphatic heterocycles. The average molecular weight is 304 g/mol. The number of hydrogen-bond donors (Lipinski definition) is 1. The molecule has 0 spiro atoms. The molecule has 3 rings (SSSR count). The highest BCUT2D eigenvalue weighted by Crippen LogP contribution is 2.33. The number of benzene rings is 1. The van der Waals surface area contributed by atoms with Gasteiger partial charge in [0, 0.05) is 12.6 Å². The minimum absolute atomic E-state index is 0.0751. The second-order valence-corrected chi connectivity index (χ2v) is 6.79. The Morgan fingerprint density at radius 2 is 2.24 bits per heavy atom. The van der Waals surface area contributed by atoms with Crippen molar-refractivity contribution in [3.8, 4) is 0 Å². The van der Waals surface area contributed by atoms with E-state index < -0.39 is 0 Å². The van der Waals surface area contributed by atoms with Crippen molar-refractivity contribution in [2.45, 2.75) is 33.2 Å². The Bertz CT molecular complexity index is 668. The van der Waals surface area contributed by atoms with Crippen molar-refractivity contribution in [3.63, 3.8) is 0 Å². The Labute approximate surface area is 128 Å². The number of anilines is 1. The van der Waals surface area contributed by atoms with Gasteiger partial charge in [-0.15, -0.1) is 0 Å². The first-order valence-electron chi connectivity index (χ1n) is 7.26. The number of carbonyl (C=O) groups is 1. The topological polar surface area (TPSA) is 58.1 Å². The third-order valence-electron chi connectivity index (χ3n) is 4.32. The van der Waals surface area contributed by atoms with Gasteiger partial charge in [0.25, 0.3) is 0 Å². The van der Waals surface area contributed by atoms with Crippen molar-refractivity contribution >= 4 is 34.4 Å². The van der Waals surface area contributed by atoms with E-state index in [9.17, 15) is 4.79 Å². The van der Waals surface area contributed by atoms with Crippen molar-refractivity contribution in [1.29, 1.82) is 0 Å². The van der Waals surface area contributed by atoms with Crippen molar-refractivity contribution in [1.82, 2.24) is 13.6 Å². The van der Waals surface area contributed by atoms with Crippen LogP contribution in [0.1, 0.15) is 27.2 Å². The number of fused-ring (bicyclic) bond motifs is 1. The summed E-state index contributed by atoms with van der Waals surface area (Å²) in [6, 6.07) is 6.18. The number of amides is 1. The van der Waals surface area contributed by atoms with Crippen molar-refractivity contribution in [2.24, 2.45) is 5.41 Å². The molecule has 1 fully saturated rings. The first-order valence-corrected chi connectivity index (χ1v) is 7.99. The molecule has 1 saturated heterocycles. The Hall–Kier alpha value is -1.53. The van der Waals surface area contributed by atoms with Gasteiger partial charge < -0.3 is 5.32 Å². The minimum Gasteiger partial charge on any atom is -0.324 e. The van der Waals surface area contributed by atoms with E-state index in [1.165, 1.54) is 11.7 Å². The summed E-state index contributed by atoms with van der Waals surface area (Å²) in [5.41, 5.74) is 2.03. The van der Waals surface area contributed by atoms with Crippen LogP contribution in [0.2, 0.25) is 0 Å². The molecule has 1 N–H and O–H groups in total. The summed E-state index contributed by atoms with van der Waals surface area (Å²) < 4.78 is 8.48. The third kappa shape index (κ3) is 2.65. The Morgan fingerprint density at radius 3 is 2.95 bits per heavy atom. The molecule has 1 aliphatic rings. The highest BCUT2D eigenvalue weighted by atomic mass is 32.1. The summed E-state index contributed by atoms with van der Waals surface area (Å²) in [5, 5.41) is 3.05.